The minimum absolute atomic E-state index is 0.0103. The molecule has 0 radical (unpaired) electrons. The lowest BCUT2D eigenvalue weighted by atomic mass is 10.0. The van der Waals surface area contributed by atoms with E-state index in [1.54, 1.807) is 12.4 Å². The van der Waals surface area contributed by atoms with Gasteiger partial charge in [0.15, 0.2) is 0 Å². The van der Waals surface area contributed by atoms with Crippen molar-refractivity contribution in [1.29, 1.82) is 0 Å². The lowest BCUT2D eigenvalue weighted by molar-refractivity contribution is -0.122. The van der Waals surface area contributed by atoms with Gasteiger partial charge in [-0.15, -0.1) is 0 Å². The molecule has 2 heterocycles. The molecule has 6 heteroatoms. The van der Waals surface area contributed by atoms with E-state index in [1.165, 1.54) is 11.1 Å². The van der Waals surface area contributed by atoms with Gasteiger partial charge in [0, 0.05) is 30.8 Å². The number of hydrogen-bond donors (Lipinski definition) is 1. The minimum atomic E-state index is 0.0103. The third-order valence-corrected chi connectivity index (χ3v) is 4.82. The fourth-order valence-electron chi connectivity index (χ4n) is 3.12. The van der Waals surface area contributed by atoms with Crippen LogP contribution in [0.1, 0.15) is 42.3 Å². The van der Waals surface area contributed by atoms with Crippen LogP contribution in [0.4, 0.5) is 0 Å². The van der Waals surface area contributed by atoms with Crippen molar-refractivity contribution in [3.8, 4) is 11.4 Å². The molecule has 2 aromatic heterocycles. The summed E-state index contributed by atoms with van der Waals surface area (Å²) in [6.45, 7) is 2.07. The van der Waals surface area contributed by atoms with Crippen molar-refractivity contribution < 1.29 is 9.32 Å². The molecule has 1 aliphatic rings. The molecular weight excluding hydrogens is 340 g/mol. The van der Waals surface area contributed by atoms with E-state index in [0.717, 1.165) is 18.4 Å². The Bertz CT molecular complexity index is 901. The van der Waals surface area contributed by atoms with Crippen molar-refractivity contribution in [2.75, 3.05) is 0 Å². The Morgan fingerprint density at radius 2 is 1.93 bits per heavy atom. The zero-order valence-corrected chi connectivity index (χ0v) is 15.3. The fourth-order valence-corrected chi connectivity index (χ4v) is 3.12. The first-order valence-corrected chi connectivity index (χ1v) is 9.28. The number of nitrogens with one attached hydrogen (secondary N) is 1. The summed E-state index contributed by atoms with van der Waals surface area (Å²) < 4.78 is 5.27. The van der Waals surface area contributed by atoms with E-state index in [0.29, 0.717) is 30.5 Å². The molecule has 1 saturated carbocycles. The second kappa shape index (κ2) is 7.70. The van der Waals surface area contributed by atoms with E-state index in [2.05, 4.69) is 51.6 Å². The van der Waals surface area contributed by atoms with Gasteiger partial charge in [-0.1, -0.05) is 35.0 Å². The van der Waals surface area contributed by atoms with E-state index in [4.69, 9.17) is 4.52 Å². The maximum absolute atomic E-state index is 12.5. The van der Waals surface area contributed by atoms with Crippen LogP contribution in [-0.4, -0.2) is 21.0 Å². The van der Waals surface area contributed by atoms with Crippen molar-refractivity contribution in [3.05, 3.63) is 65.8 Å². The first-order chi connectivity index (χ1) is 13.2. The number of pyridine rings is 1. The molecule has 1 atom stereocenters. The summed E-state index contributed by atoms with van der Waals surface area (Å²) in [7, 11) is 0. The number of carbonyl (C=O) groups excluding carboxylic acids is 1. The number of carbonyl (C=O) groups is 1. The molecule has 3 aromatic rings. The van der Waals surface area contributed by atoms with Crippen molar-refractivity contribution in [3.63, 3.8) is 0 Å². The molecule has 1 unspecified atom stereocenters. The number of nitrogens with zero attached hydrogens (tertiary/aromatic N) is 3. The molecule has 0 aliphatic heterocycles. The monoisotopic (exact) mass is 362 g/mol. The normalized spacial score (nSPS) is 14.7. The molecule has 0 bridgehead atoms. The van der Waals surface area contributed by atoms with Gasteiger partial charge in [0.1, 0.15) is 0 Å². The van der Waals surface area contributed by atoms with E-state index in [1.807, 2.05) is 12.1 Å². The Balaban J connectivity index is 1.35. The van der Waals surface area contributed by atoms with Crippen LogP contribution in [0.3, 0.4) is 0 Å². The molecule has 6 nitrogen and oxygen atoms in total. The molecule has 1 aliphatic carbocycles. The van der Waals surface area contributed by atoms with Gasteiger partial charge in [-0.3, -0.25) is 9.78 Å². The zero-order chi connectivity index (χ0) is 18.6. The zero-order valence-electron chi connectivity index (χ0n) is 15.3. The van der Waals surface area contributed by atoms with E-state index < -0.39 is 0 Å². The second-order valence-electron chi connectivity index (χ2n) is 7.04. The smallest absolute Gasteiger partial charge is 0.227 e. The number of hydrogen-bond acceptors (Lipinski definition) is 5. The van der Waals surface area contributed by atoms with Gasteiger partial charge < -0.3 is 9.84 Å². The van der Waals surface area contributed by atoms with Crippen molar-refractivity contribution >= 4 is 5.91 Å². The van der Waals surface area contributed by atoms with Crippen LogP contribution >= 0.6 is 0 Å². The average Bonchev–Trinajstić information content (AvgIpc) is 3.43. The van der Waals surface area contributed by atoms with Crippen LogP contribution in [0.2, 0.25) is 0 Å². The van der Waals surface area contributed by atoms with Crippen LogP contribution in [0, 0.1) is 12.8 Å². The Morgan fingerprint density at radius 3 is 2.63 bits per heavy atom. The number of rotatable bonds is 7. The first-order valence-electron chi connectivity index (χ1n) is 9.28. The molecule has 1 amide bonds. The summed E-state index contributed by atoms with van der Waals surface area (Å²) in [4.78, 5) is 20.8. The van der Waals surface area contributed by atoms with E-state index >= 15 is 0 Å². The number of benzene rings is 1. The van der Waals surface area contributed by atoms with Gasteiger partial charge >= 0.3 is 0 Å². The van der Waals surface area contributed by atoms with Crippen LogP contribution in [0.25, 0.3) is 11.4 Å². The van der Waals surface area contributed by atoms with Gasteiger partial charge in [0.05, 0.1) is 6.04 Å². The maximum Gasteiger partial charge on any atom is 0.227 e. The van der Waals surface area contributed by atoms with Gasteiger partial charge in [0.25, 0.3) is 0 Å². The second-order valence-corrected chi connectivity index (χ2v) is 7.04. The molecule has 1 N–H and O–H groups in total. The van der Waals surface area contributed by atoms with Crippen LogP contribution in [0.15, 0.2) is 53.3 Å². The molecular formula is C21H22N4O2. The summed E-state index contributed by atoms with van der Waals surface area (Å²) in [5.41, 5.74) is 3.24. The quantitative estimate of drug-likeness (QED) is 0.694. The third kappa shape index (κ3) is 4.39. The Labute approximate surface area is 158 Å². The van der Waals surface area contributed by atoms with Crippen molar-refractivity contribution in [2.24, 2.45) is 5.92 Å². The number of aromatic nitrogens is 3. The predicted molar refractivity (Wildman–Crippen MR) is 101 cm³/mol. The fraction of sp³-hybridized carbons (Fsp3) is 0.333. The van der Waals surface area contributed by atoms with E-state index in [-0.39, 0.29) is 11.9 Å². The first kappa shape index (κ1) is 17.4. The topological polar surface area (TPSA) is 80.9 Å². The number of amides is 1. The highest BCUT2D eigenvalue weighted by molar-refractivity contribution is 5.76. The molecule has 1 aromatic carbocycles. The van der Waals surface area contributed by atoms with Gasteiger partial charge in [-0.25, -0.2) is 0 Å². The van der Waals surface area contributed by atoms with Gasteiger partial charge in [0.2, 0.25) is 17.6 Å². The maximum atomic E-state index is 12.5. The lowest BCUT2D eigenvalue weighted by Crippen LogP contribution is -2.30. The molecule has 138 valence electrons. The molecule has 0 saturated heterocycles. The summed E-state index contributed by atoms with van der Waals surface area (Å²) >= 11 is 0. The third-order valence-electron chi connectivity index (χ3n) is 4.82. The summed E-state index contributed by atoms with van der Waals surface area (Å²) in [6, 6.07) is 12.1. The van der Waals surface area contributed by atoms with Crippen molar-refractivity contribution in [1.82, 2.24) is 20.4 Å². The van der Waals surface area contributed by atoms with Crippen molar-refractivity contribution in [2.45, 2.75) is 38.6 Å². The van der Waals surface area contributed by atoms with Gasteiger partial charge in [-0.2, -0.15) is 4.98 Å². The predicted octanol–water partition coefficient (Wildman–Crippen LogP) is 3.64. The number of aryl methyl sites for hydroxylation is 2. The molecule has 0 spiro atoms. The summed E-state index contributed by atoms with van der Waals surface area (Å²) in [6.07, 6.45) is 6.45. The summed E-state index contributed by atoms with van der Waals surface area (Å²) in [5.74, 6) is 1.54. The van der Waals surface area contributed by atoms with E-state index in [9.17, 15) is 4.79 Å². The largest absolute Gasteiger partial charge is 0.349 e. The van der Waals surface area contributed by atoms with Gasteiger partial charge in [-0.05, 0) is 43.4 Å². The molecule has 27 heavy (non-hydrogen) atoms. The Hall–Kier alpha value is -3.02. The van der Waals surface area contributed by atoms with Crippen LogP contribution < -0.4 is 5.32 Å². The van der Waals surface area contributed by atoms with Crippen LogP contribution in [0.5, 0.6) is 0 Å². The Kier molecular flexibility index (Phi) is 4.96. The standard InChI is InChI=1S/C21H22N4O2/c1-14-2-4-15(5-3-14)20(16-6-7-16)23-18(26)8-9-19-24-21(25-27-19)17-10-12-22-13-11-17/h2-5,10-13,16,20H,6-9H2,1H3,(H,23,26). The highest BCUT2D eigenvalue weighted by Gasteiger charge is 2.33. The highest BCUT2D eigenvalue weighted by Crippen LogP contribution is 2.41. The summed E-state index contributed by atoms with van der Waals surface area (Å²) in [5, 5.41) is 7.16. The van der Waals surface area contributed by atoms with Crippen LogP contribution in [-0.2, 0) is 11.2 Å². The highest BCUT2D eigenvalue weighted by atomic mass is 16.5. The minimum Gasteiger partial charge on any atom is -0.349 e. The SMILES string of the molecule is Cc1ccc(C(NC(=O)CCc2nc(-c3ccncc3)no2)C2CC2)cc1. The molecule has 4 rings (SSSR count). The molecule has 1 fully saturated rings. The Morgan fingerprint density at radius 1 is 1.19 bits per heavy atom. The lowest BCUT2D eigenvalue weighted by Gasteiger charge is -2.19. The average molecular weight is 362 g/mol.